The number of aromatic nitrogens is 1. The van der Waals surface area contributed by atoms with Crippen LogP contribution >= 0.6 is 11.6 Å². The van der Waals surface area contributed by atoms with Gasteiger partial charge in [-0.05, 0) is 48.8 Å². The topological polar surface area (TPSA) is 43.2 Å². The summed E-state index contributed by atoms with van der Waals surface area (Å²) in [6.07, 6.45) is 3.03. The molecular formula is C19H21ClN4. The van der Waals surface area contributed by atoms with Gasteiger partial charge in [0.05, 0.1) is 11.6 Å². The Hall–Kier alpha value is -1.93. The molecule has 0 unspecified atom stereocenters. The minimum atomic E-state index is 0.545. The van der Waals surface area contributed by atoms with E-state index in [0.717, 1.165) is 51.3 Å². The summed E-state index contributed by atoms with van der Waals surface area (Å²) in [5, 5.41) is 9.42. The Morgan fingerprint density at radius 1 is 0.917 bits per heavy atom. The average molecular weight is 341 g/mol. The summed E-state index contributed by atoms with van der Waals surface area (Å²) in [7, 11) is 0. The van der Waals surface area contributed by atoms with Crippen LogP contribution in [-0.2, 0) is 13.1 Å². The first-order chi connectivity index (χ1) is 11.7. The Morgan fingerprint density at radius 3 is 2.12 bits per heavy atom. The van der Waals surface area contributed by atoms with Gasteiger partial charge < -0.3 is 0 Å². The van der Waals surface area contributed by atoms with Gasteiger partial charge in [0, 0.05) is 32.4 Å². The van der Waals surface area contributed by atoms with Gasteiger partial charge in [0.15, 0.2) is 0 Å². The van der Waals surface area contributed by atoms with E-state index in [0.29, 0.717) is 5.15 Å². The quantitative estimate of drug-likeness (QED) is 0.801. The molecule has 124 valence electrons. The van der Waals surface area contributed by atoms with Crippen LogP contribution in [0.4, 0.5) is 0 Å². The molecule has 0 amide bonds. The highest BCUT2D eigenvalue weighted by Gasteiger charge is 2.15. The van der Waals surface area contributed by atoms with E-state index in [1.807, 2.05) is 24.4 Å². The molecule has 1 saturated heterocycles. The minimum absolute atomic E-state index is 0.545. The Bertz CT molecular complexity index is 691. The zero-order chi connectivity index (χ0) is 16.8. The molecule has 0 bridgehead atoms. The SMILES string of the molecule is N#Cc1ccc(CN2CCCN(Cc3ccc(Cl)nc3)CC2)cc1. The van der Waals surface area contributed by atoms with Gasteiger partial charge in [-0.25, -0.2) is 4.98 Å². The van der Waals surface area contributed by atoms with Crippen molar-refractivity contribution in [1.29, 1.82) is 5.26 Å². The summed E-state index contributed by atoms with van der Waals surface area (Å²) in [6, 6.07) is 14.0. The van der Waals surface area contributed by atoms with Crippen LogP contribution in [-0.4, -0.2) is 41.0 Å². The lowest BCUT2D eigenvalue weighted by Gasteiger charge is -2.22. The molecule has 24 heavy (non-hydrogen) atoms. The molecule has 0 spiro atoms. The number of nitrogens with zero attached hydrogens (tertiary/aromatic N) is 4. The van der Waals surface area contributed by atoms with E-state index in [2.05, 4.69) is 39.1 Å². The first kappa shape index (κ1) is 16.9. The van der Waals surface area contributed by atoms with Crippen LogP contribution in [0.3, 0.4) is 0 Å². The number of benzene rings is 1. The fourth-order valence-corrected chi connectivity index (χ4v) is 3.15. The largest absolute Gasteiger partial charge is 0.298 e. The van der Waals surface area contributed by atoms with Gasteiger partial charge in [-0.15, -0.1) is 0 Å². The lowest BCUT2D eigenvalue weighted by molar-refractivity contribution is 0.247. The van der Waals surface area contributed by atoms with Crippen molar-refractivity contribution in [2.24, 2.45) is 0 Å². The van der Waals surface area contributed by atoms with Crippen molar-refractivity contribution in [2.75, 3.05) is 26.2 Å². The Kier molecular flexibility index (Phi) is 5.81. The van der Waals surface area contributed by atoms with Crippen molar-refractivity contribution in [3.8, 4) is 6.07 Å². The van der Waals surface area contributed by atoms with Gasteiger partial charge in [0.25, 0.3) is 0 Å². The van der Waals surface area contributed by atoms with Crippen LogP contribution in [0.5, 0.6) is 0 Å². The normalized spacial score (nSPS) is 16.5. The molecule has 1 aliphatic heterocycles. The summed E-state index contributed by atoms with van der Waals surface area (Å²) >= 11 is 5.85. The third-order valence-electron chi connectivity index (χ3n) is 4.37. The second-order valence-corrected chi connectivity index (χ2v) is 6.59. The van der Waals surface area contributed by atoms with Crippen molar-refractivity contribution in [3.63, 3.8) is 0 Å². The Morgan fingerprint density at radius 2 is 1.54 bits per heavy atom. The van der Waals surface area contributed by atoms with Crippen molar-refractivity contribution in [3.05, 3.63) is 64.4 Å². The monoisotopic (exact) mass is 340 g/mol. The van der Waals surface area contributed by atoms with Gasteiger partial charge >= 0.3 is 0 Å². The highest BCUT2D eigenvalue weighted by molar-refractivity contribution is 6.29. The maximum absolute atomic E-state index is 8.87. The van der Waals surface area contributed by atoms with Crippen LogP contribution < -0.4 is 0 Å². The summed E-state index contributed by atoms with van der Waals surface area (Å²) in [6.45, 7) is 6.19. The predicted molar refractivity (Wildman–Crippen MR) is 95.6 cm³/mol. The smallest absolute Gasteiger partial charge is 0.129 e. The third kappa shape index (κ3) is 4.78. The lowest BCUT2D eigenvalue weighted by Crippen LogP contribution is -2.30. The molecule has 2 aromatic rings. The summed E-state index contributed by atoms with van der Waals surface area (Å²) < 4.78 is 0. The highest BCUT2D eigenvalue weighted by atomic mass is 35.5. The fourth-order valence-electron chi connectivity index (χ4n) is 3.04. The molecule has 1 aromatic heterocycles. The lowest BCUT2D eigenvalue weighted by atomic mass is 10.1. The Labute approximate surface area is 148 Å². The van der Waals surface area contributed by atoms with Gasteiger partial charge in [-0.3, -0.25) is 9.80 Å². The number of hydrogen-bond acceptors (Lipinski definition) is 4. The first-order valence-electron chi connectivity index (χ1n) is 8.27. The molecular weight excluding hydrogens is 320 g/mol. The number of halogens is 1. The van der Waals surface area contributed by atoms with Crippen molar-refractivity contribution >= 4 is 11.6 Å². The summed E-state index contributed by atoms with van der Waals surface area (Å²) in [5.41, 5.74) is 3.20. The summed E-state index contributed by atoms with van der Waals surface area (Å²) in [5.74, 6) is 0. The van der Waals surface area contributed by atoms with Crippen LogP contribution in [0, 0.1) is 11.3 Å². The molecule has 0 radical (unpaired) electrons. The van der Waals surface area contributed by atoms with Crippen LogP contribution in [0.1, 0.15) is 23.1 Å². The molecule has 0 atom stereocenters. The zero-order valence-electron chi connectivity index (χ0n) is 13.7. The van der Waals surface area contributed by atoms with Gasteiger partial charge in [-0.2, -0.15) is 5.26 Å². The third-order valence-corrected chi connectivity index (χ3v) is 4.59. The van der Waals surface area contributed by atoms with Crippen LogP contribution in [0.25, 0.3) is 0 Å². The molecule has 1 aliphatic rings. The number of nitriles is 1. The number of hydrogen-bond donors (Lipinski definition) is 0. The molecule has 0 aliphatic carbocycles. The van der Waals surface area contributed by atoms with Gasteiger partial charge in [0.2, 0.25) is 0 Å². The van der Waals surface area contributed by atoms with E-state index in [9.17, 15) is 0 Å². The standard InChI is InChI=1S/C19H21ClN4/c20-19-7-6-18(13-22-19)15-24-9-1-8-23(10-11-24)14-17-4-2-16(12-21)3-5-17/h2-7,13H,1,8-11,14-15H2. The second-order valence-electron chi connectivity index (χ2n) is 6.20. The minimum Gasteiger partial charge on any atom is -0.298 e. The van der Waals surface area contributed by atoms with Gasteiger partial charge in [-0.1, -0.05) is 29.8 Å². The molecule has 0 saturated carbocycles. The van der Waals surface area contributed by atoms with Gasteiger partial charge in [0.1, 0.15) is 5.15 Å². The van der Waals surface area contributed by atoms with Crippen molar-refractivity contribution in [2.45, 2.75) is 19.5 Å². The molecule has 1 fully saturated rings. The maximum atomic E-state index is 8.87. The van der Waals surface area contributed by atoms with E-state index in [1.54, 1.807) is 0 Å². The van der Waals surface area contributed by atoms with E-state index < -0.39 is 0 Å². The number of pyridine rings is 1. The molecule has 4 nitrogen and oxygen atoms in total. The average Bonchev–Trinajstić information content (AvgIpc) is 2.83. The summed E-state index contributed by atoms with van der Waals surface area (Å²) in [4.78, 5) is 9.12. The van der Waals surface area contributed by atoms with Crippen LogP contribution in [0.2, 0.25) is 5.15 Å². The zero-order valence-corrected chi connectivity index (χ0v) is 14.4. The molecule has 5 heteroatoms. The second kappa shape index (κ2) is 8.25. The highest BCUT2D eigenvalue weighted by Crippen LogP contribution is 2.13. The van der Waals surface area contributed by atoms with Crippen molar-refractivity contribution < 1.29 is 0 Å². The predicted octanol–water partition coefficient (Wildman–Crippen LogP) is 3.31. The molecule has 1 aromatic carbocycles. The number of rotatable bonds is 4. The molecule has 3 rings (SSSR count). The first-order valence-corrected chi connectivity index (χ1v) is 8.65. The Balaban J connectivity index is 1.52. The van der Waals surface area contributed by atoms with Crippen LogP contribution in [0.15, 0.2) is 42.6 Å². The van der Waals surface area contributed by atoms with Crippen molar-refractivity contribution in [1.82, 2.24) is 14.8 Å². The fraction of sp³-hybridized carbons (Fsp3) is 0.368. The molecule has 0 N–H and O–H groups in total. The van der Waals surface area contributed by atoms with E-state index >= 15 is 0 Å². The maximum Gasteiger partial charge on any atom is 0.129 e. The van der Waals surface area contributed by atoms with E-state index in [4.69, 9.17) is 16.9 Å². The molecule has 2 heterocycles. The van der Waals surface area contributed by atoms with E-state index in [-0.39, 0.29) is 0 Å². The van der Waals surface area contributed by atoms with E-state index in [1.165, 1.54) is 11.1 Å².